The SMILES string of the molecule is COCCNC(=O)c1cccc(OC)c1OC. The average molecular weight is 239 g/mol. The summed E-state index contributed by atoms with van der Waals surface area (Å²) in [4.78, 5) is 11.9. The van der Waals surface area contributed by atoms with Crippen LogP contribution in [-0.4, -0.2) is 40.4 Å². The van der Waals surface area contributed by atoms with E-state index in [2.05, 4.69) is 5.32 Å². The molecule has 0 aliphatic carbocycles. The molecule has 1 aromatic rings. The molecule has 0 unspecified atom stereocenters. The Balaban J connectivity index is 2.85. The largest absolute Gasteiger partial charge is 0.493 e. The molecule has 0 heterocycles. The number of carbonyl (C=O) groups excluding carboxylic acids is 1. The molecule has 1 rings (SSSR count). The standard InChI is InChI=1S/C12H17NO4/c1-15-8-7-13-12(14)9-5-4-6-10(16-2)11(9)17-3/h4-6H,7-8H2,1-3H3,(H,13,14). The molecular weight excluding hydrogens is 222 g/mol. The van der Waals surface area contributed by atoms with Gasteiger partial charge < -0.3 is 19.5 Å². The van der Waals surface area contributed by atoms with Gasteiger partial charge in [-0.3, -0.25) is 4.79 Å². The molecule has 5 heteroatoms. The number of benzene rings is 1. The molecule has 1 amide bonds. The zero-order chi connectivity index (χ0) is 12.7. The van der Waals surface area contributed by atoms with E-state index in [-0.39, 0.29) is 5.91 Å². The predicted octanol–water partition coefficient (Wildman–Crippen LogP) is 1.08. The van der Waals surface area contributed by atoms with E-state index < -0.39 is 0 Å². The molecule has 5 nitrogen and oxygen atoms in total. The first-order valence-corrected chi connectivity index (χ1v) is 5.22. The molecule has 0 spiro atoms. The summed E-state index contributed by atoms with van der Waals surface area (Å²) < 4.78 is 15.2. The molecular formula is C12H17NO4. The Bertz CT molecular complexity index is 379. The topological polar surface area (TPSA) is 56.8 Å². The second-order valence-electron chi connectivity index (χ2n) is 3.29. The Morgan fingerprint density at radius 2 is 2.00 bits per heavy atom. The van der Waals surface area contributed by atoms with E-state index in [1.54, 1.807) is 25.3 Å². The van der Waals surface area contributed by atoms with Gasteiger partial charge in [-0.1, -0.05) is 6.07 Å². The highest BCUT2D eigenvalue weighted by Crippen LogP contribution is 2.30. The number of rotatable bonds is 6. The highest BCUT2D eigenvalue weighted by atomic mass is 16.5. The summed E-state index contributed by atoms with van der Waals surface area (Å²) in [7, 11) is 4.62. The minimum absolute atomic E-state index is 0.210. The molecule has 0 radical (unpaired) electrons. The fourth-order valence-corrected chi connectivity index (χ4v) is 1.43. The maximum Gasteiger partial charge on any atom is 0.255 e. The van der Waals surface area contributed by atoms with Crippen LogP contribution >= 0.6 is 0 Å². The second-order valence-corrected chi connectivity index (χ2v) is 3.29. The van der Waals surface area contributed by atoms with Gasteiger partial charge in [-0.15, -0.1) is 0 Å². The molecule has 17 heavy (non-hydrogen) atoms. The van der Waals surface area contributed by atoms with Crippen LogP contribution in [0.25, 0.3) is 0 Å². The van der Waals surface area contributed by atoms with Crippen LogP contribution in [0.3, 0.4) is 0 Å². The number of ether oxygens (including phenoxy) is 3. The van der Waals surface area contributed by atoms with Gasteiger partial charge in [0.1, 0.15) is 0 Å². The molecule has 0 atom stereocenters. The zero-order valence-electron chi connectivity index (χ0n) is 10.3. The zero-order valence-corrected chi connectivity index (χ0v) is 10.3. The third-order valence-corrected chi connectivity index (χ3v) is 2.24. The van der Waals surface area contributed by atoms with E-state index in [4.69, 9.17) is 14.2 Å². The van der Waals surface area contributed by atoms with Crippen molar-refractivity contribution in [3.8, 4) is 11.5 Å². The number of nitrogens with one attached hydrogen (secondary N) is 1. The molecule has 0 saturated heterocycles. The third-order valence-electron chi connectivity index (χ3n) is 2.24. The fraction of sp³-hybridized carbons (Fsp3) is 0.417. The van der Waals surface area contributed by atoms with Crippen molar-refractivity contribution in [1.29, 1.82) is 0 Å². The lowest BCUT2D eigenvalue weighted by Gasteiger charge is -2.12. The van der Waals surface area contributed by atoms with E-state index in [9.17, 15) is 4.79 Å². The molecule has 0 fully saturated rings. The normalized spacial score (nSPS) is 9.82. The van der Waals surface area contributed by atoms with Gasteiger partial charge in [0.15, 0.2) is 11.5 Å². The van der Waals surface area contributed by atoms with Gasteiger partial charge in [0.2, 0.25) is 0 Å². The summed E-state index contributed by atoms with van der Waals surface area (Å²) in [5, 5.41) is 2.73. The minimum atomic E-state index is -0.210. The van der Waals surface area contributed by atoms with Crippen LogP contribution in [-0.2, 0) is 4.74 Å². The van der Waals surface area contributed by atoms with E-state index >= 15 is 0 Å². The van der Waals surface area contributed by atoms with Gasteiger partial charge in [0.25, 0.3) is 5.91 Å². The number of carbonyl (C=O) groups is 1. The van der Waals surface area contributed by atoms with E-state index in [1.165, 1.54) is 14.2 Å². The quantitative estimate of drug-likeness (QED) is 0.755. The smallest absolute Gasteiger partial charge is 0.255 e. The highest BCUT2D eigenvalue weighted by Gasteiger charge is 2.15. The van der Waals surface area contributed by atoms with Crippen molar-refractivity contribution in [2.75, 3.05) is 34.5 Å². The monoisotopic (exact) mass is 239 g/mol. The molecule has 0 saturated carbocycles. The Morgan fingerprint density at radius 1 is 1.24 bits per heavy atom. The van der Waals surface area contributed by atoms with Crippen LogP contribution in [0, 0.1) is 0 Å². The van der Waals surface area contributed by atoms with Crippen LogP contribution in [0.15, 0.2) is 18.2 Å². The lowest BCUT2D eigenvalue weighted by molar-refractivity contribution is 0.0933. The second kappa shape index (κ2) is 6.75. The van der Waals surface area contributed by atoms with Crippen molar-refractivity contribution in [1.82, 2.24) is 5.32 Å². The van der Waals surface area contributed by atoms with E-state index in [0.717, 1.165) is 0 Å². The van der Waals surface area contributed by atoms with Crippen molar-refractivity contribution >= 4 is 5.91 Å². The molecule has 0 aliphatic rings. The predicted molar refractivity (Wildman–Crippen MR) is 63.8 cm³/mol. The highest BCUT2D eigenvalue weighted by molar-refractivity contribution is 5.97. The lowest BCUT2D eigenvalue weighted by atomic mass is 10.1. The number of para-hydroxylation sites is 1. The van der Waals surface area contributed by atoms with Crippen molar-refractivity contribution in [2.24, 2.45) is 0 Å². The van der Waals surface area contributed by atoms with Crippen LogP contribution in [0.2, 0.25) is 0 Å². The first-order valence-electron chi connectivity index (χ1n) is 5.22. The maximum atomic E-state index is 11.9. The van der Waals surface area contributed by atoms with Gasteiger partial charge >= 0.3 is 0 Å². The molecule has 0 bridgehead atoms. The van der Waals surface area contributed by atoms with Crippen LogP contribution < -0.4 is 14.8 Å². The molecule has 1 N–H and O–H groups in total. The molecule has 94 valence electrons. The summed E-state index contributed by atoms with van der Waals surface area (Å²) in [6, 6.07) is 5.17. The summed E-state index contributed by atoms with van der Waals surface area (Å²) in [6.45, 7) is 0.924. The Morgan fingerprint density at radius 3 is 2.59 bits per heavy atom. The van der Waals surface area contributed by atoms with Gasteiger partial charge in [0.05, 0.1) is 26.4 Å². The fourth-order valence-electron chi connectivity index (χ4n) is 1.43. The van der Waals surface area contributed by atoms with Crippen molar-refractivity contribution in [2.45, 2.75) is 0 Å². The minimum Gasteiger partial charge on any atom is -0.493 e. The number of amides is 1. The van der Waals surface area contributed by atoms with Crippen molar-refractivity contribution in [3.63, 3.8) is 0 Å². The van der Waals surface area contributed by atoms with Crippen LogP contribution in [0.4, 0.5) is 0 Å². The lowest BCUT2D eigenvalue weighted by Crippen LogP contribution is -2.27. The first-order chi connectivity index (χ1) is 8.24. The maximum absolute atomic E-state index is 11.9. The van der Waals surface area contributed by atoms with Gasteiger partial charge in [-0.05, 0) is 12.1 Å². The summed E-state index contributed by atoms with van der Waals surface area (Å²) >= 11 is 0. The van der Waals surface area contributed by atoms with Crippen LogP contribution in [0.5, 0.6) is 11.5 Å². The third kappa shape index (κ3) is 3.35. The Kier molecular flexibility index (Phi) is 5.29. The van der Waals surface area contributed by atoms with E-state index in [0.29, 0.717) is 30.2 Å². The van der Waals surface area contributed by atoms with Crippen molar-refractivity contribution in [3.05, 3.63) is 23.8 Å². The van der Waals surface area contributed by atoms with E-state index in [1.807, 2.05) is 0 Å². The summed E-state index contributed by atoms with van der Waals surface area (Å²) in [6.07, 6.45) is 0. The van der Waals surface area contributed by atoms with Gasteiger partial charge in [0, 0.05) is 13.7 Å². The Labute approximate surface area is 101 Å². The molecule has 1 aromatic carbocycles. The van der Waals surface area contributed by atoms with Gasteiger partial charge in [-0.25, -0.2) is 0 Å². The van der Waals surface area contributed by atoms with Crippen molar-refractivity contribution < 1.29 is 19.0 Å². The first kappa shape index (κ1) is 13.3. The van der Waals surface area contributed by atoms with Crippen LogP contribution in [0.1, 0.15) is 10.4 Å². The number of hydrogen-bond donors (Lipinski definition) is 1. The average Bonchev–Trinajstić information content (AvgIpc) is 2.37. The van der Waals surface area contributed by atoms with Gasteiger partial charge in [-0.2, -0.15) is 0 Å². The summed E-state index contributed by atoms with van der Waals surface area (Å²) in [5.41, 5.74) is 0.447. The summed E-state index contributed by atoms with van der Waals surface area (Å²) in [5.74, 6) is 0.759. The number of hydrogen-bond acceptors (Lipinski definition) is 4. The Hall–Kier alpha value is -1.75. The number of methoxy groups -OCH3 is 3. The molecule has 0 aromatic heterocycles. The molecule has 0 aliphatic heterocycles.